The first-order valence-electron chi connectivity index (χ1n) is 18.9. The van der Waals surface area contributed by atoms with Gasteiger partial charge in [0.25, 0.3) is 0 Å². The highest BCUT2D eigenvalue weighted by Gasteiger charge is 2.74. The molecule has 6 aliphatic carbocycles. The van der Waals surface area contributed by atoms with Crippen LogP contribution < -0.4 is 10.1 Å². The van der Waals surface area contributed by atoms with Crippen LogP contribution in [0.25, 0.3) is 0 Å². The zero-order chi connectivity index (χ0) is 37.4. The molecule has 0 aromatic heterocycles. The van der Waals surface area contributed by atoms with E-state index >= 15 is 0 Å². The maximum Gasteiger partial charge on any atom is 0.322 e. The molecule has 9 rings (SSSR count). The van der Waals surface area contributed by atoms with Crippen molar-refractivity contribution in [1.82, 2.24) is 4.90 Å². The van der Waals surface area contributed by atoms with Gasteiger partial charge in [0, 0.05) is 39.6 Å². The average Bonchev–Trinajstić information content (AvgIpc) is 3.42. The molecule has 0 saturated heterocycles. The van der Waals surface area contributed by atoms with Crippen molar-refractivity contribution >= 4 is 17.5 Å². The third-order valence-electron chi connectivity index (χ3n) is 14.4. The van der Waals surface area contributed by atoms with Crippen molar-refractivity contribution < 1.29 is 33.3 Å². The van der Waals surface area contributed by atoms with Crippen molar-refractivity contribution in [2.75, 3.05) is 19.0 Å². The van der Waals surface area contributed by atoms with E-state index in [0.717, 1.165) is 30.5 Å². The number of rotatable bonds is 8. The van der Waals surface area contributed by atoms with Crippen LogP contribution in [-0.4, -0.2) is 52.3 Å². The van der Waals surface area contributed by atoms with E-state index in [1.54, 1.807) is 36.3 Å². The number of carbonyl (C=O) groups is 2. The van der Waals surface area contributed by atoms with Gasteiger partial charge < -0.3 is 25.2 Å². The first kappa shape index (κ1) is 35.7. The quantitative estimate of drug-likeness (QED) is 0.160. The van der Waals surface area contributed by atoms with Crippen LogP contribution in [0.4, 0.5) is 19.3 Å². The van der Waals surface area contributed by atoms with Gasteiger partial charge in [-0.1, -0.05) is 62.4 Å². The highest BCUT2D eigenvalue weighted by Crippen LogP contribution is 2.78. The number of methoxy groups -OCH3 is 1. The van der Waals surface area contributed by atoms with Crippen molar-refractivity contribution in [1.29, 1.82) is 0 Å². The van der Waals surface area contributed by atoms with Crippen molar-refractivity contribution in [3.8, 4) is 5.75 Å². The number of aliphatic hydroxyl groups excluding tert-OH is 1. The van der Waals surface area contributed by atoms with Gasteiger partial charge in [0.1, 0.15) is 5.75 Å². The first-order chi connectivity index (χ1) is 25.3. The van der Waals surface area contributed by atoms with E-state index in [9.17, 15) is 28.6 Å². The summed E-state index contributed by atoms with van der Waals surface area (Å²) in [7, 11) is 1.59. The summed E-state index contributed by atoms with van der Waals surface area (Å²) in [5, 5.41) is 27.0. The fourth-order valence-electron chi connectivity index (χ4n) is 11.6. The molecule has 9 heteroatoms. The lowest BCUT2D eigenvalue weighted by Crippen LogP contribution is -2.67. The number of anilines is 1. The first-order valence-corrected chi connectivity index (χ1v) is 18.9. The van der Waals surface area contributed by atoms with Gasteiger partial charge in [0.2, 0.25) is 0 Å². The molecule has 53 heavy (non-hydrogen) atoms. The second kappa shape index (κ2) is 12.6. The number of urea groups is 1. The Bertz CT molecular complexity index is 2000. The van der Waals surface area contributed by atoms with E-state index in [1.807, 2.05) is 30.3 Å². The topological polar surface area (TPSA) is 99.1 Å². The van der Waals surface area contributed by atoms with Gasteiger partial charge in [-0.2, -0.15) is 0 Å². The minimum Gasteiger partial charge on any atom is -0.497 e. The number of benzene rings is 3. The number of ketones is 1. The number of fused-ring (bicyclic) bond motifs is 1. The van der Waals surface area contributed by atoms with Crippen LogP contribution in [0, 0.1) is 45.1 Å². The number of amides is 2. The Kier molecular flexibility index (Phi) is 8.50. The Morgan fingerprint density at radius 1 is 0.887 bits per heavy atom. The molecule has 3 fully saturated rings. The van der Waals surface area contributed by atoms with E-state index in [2.05, 4.69) is 37.4 Å². The van der Waals surface area contributed by atoms with Crippen molar-refractivity contribution in [3.05, 3.63) is 119 Å². The highest BCUT2D eigenvalue weighted by atomic mass is 19.2. The summed E-state index contributed by atoms with van der Waals surface area (Å²) in [4.78, 5) is 30.5. The molecule has 3 saturated carbocycles. The summed E-state index contributed by atoms with van der Waals surface area (Å²) in [5.74, 6) is -1.91. The smallest absolute Gasteiger partial charge is 0.322 e. The molecule has 3 N–H and O–H groups in total. The largest absolute Gasteiger partial charge is 0.497 e. The minimum absolute atomic E-state index is 0.0287. The summed E-state index contributed by atoms with van der Waals surface area (Å²) in [5.41, 5.74) is -1.44. The average molecular weight is 723 g/mol. The van der Waals surface area contributed by atoms with Gasteiger partial charge in [-0.15, -0.1) is 0 Å². The Morgan fingerprint density at radius 2 is 1.58 bits per heavy atom. The van der Waals surface area contributed by atoms with Crippen LogP contribution in [0.5, 0.6) is 5.75 Å². The molecule has 2 spiro atoms. The maximum atomic E-state index is 14.7. The summed E-state index contributed by atoms with van der Waals surface area (Å²) >= 11 is 0. The van der Waals surface area contributed by atoms with E-state index in [0.29, 0.717) is 49.1 Å². The third kappa shape index (κ3) is 5.32. The molecular weight excluding hydrogens is 674 g/mol. The molecular formula is C44H48F2N2O5. The van der Waals surface area contributed by atoms with Crippen molar-refractivity contribution in [2.24, 2.45) is 33.5 Å². The van der Waals surface area contributed by atoms with Crippen molar-refractivity contribution in [2.45, 2.75) is 77.0 Å². The van der Waals surface area contributed by atoms with Gasteiger partial charge in [-0.3, -0.25) is 4.79 Å². The maximum absolute atomic E-state index is 14.7. The number of halogens is 2. The van der Waals surface area contributed by atoms with Crippen LogP contribution >= 0.6 is 0 Å². The number of hydrogen-bond acceptors (Lipinski definition) is 5. The molecule has 8 atom stereocenters. The van der Waals surface area contributed by atoms with Gasteiger partial charge in [-0.25, -0.2) is 13.6 Å². The van der Waals surface area contributed by atoms with Gasteiger partial charge in [0.15, 0.2) is 17.4 Å². The lowest BCUT2D eigenvalue weighted by atomic mass is 9.32. The van der Waals surface area contributed by atoms with Crippen LogP contribution in [0.3, 0.4) is 0 Å². The molecule has 2 bridgehead atoms. The second-order valence-corrected chi connectivity index (χ2v) is 16.8. The molecule has 0 aliphatic heterocycles. The van der Waals surface area contributed by atoms with E-state index in [4.69, 9.17) is 4.74 Å². The molecule has 8 unspecified atom stereocenters. The zero-order valence-electron chi connectivity index (χ0n) is 30.6. The summed E-state index contributed by atoms with van der Waals surface area (Å²) in [6.45, 7) is 4.77. The monoisotopic (exact) mass is 722 g/mol. The molecule has 3 aromatic rings. The van der Waals surface area contributed by atoms with Crippen LogP contribution in [-0.2, 0) is 6.54 Å². The molecule has 3 aromatic carbocycles. The summed E-state index contributed by atoms with van der Waals surface area (Å²) in [6.07, 6.45) is 10.3. The Labute approximate surface area is 309 Å². The molecule has 278 valence electrons. The third-order valence-corrected chi connectivity index (χ3v) is 14.4. The van der Waals surface area contributed by atoms with E-state index < -0.39 is 39.6 Å². The molecule has 2 amide bonds. The molecule has 0 radical (unpaired) electrons. The highest BCUT2D eigenvalue weighted by molar-refractivity contribution is 6.10. The van der Waals surface area contributed by atoms with Gasteiger partial charge >= 0.3 is 6.03 Å². The van der Waals surface area contributed by atoms with Crippen molar-refractivity contribution in [3.63, 3.8) is 0 Å². The number of Topliss-reactive ketones (excluding diaryl/α,β-unsaturated/α-hetero) is 1. The standard InChI is InChI=1S/C44H48F2N2O5/c1-40-18-15-31(49)24-42(40)21-22-44(33(25-42)38(50)29-9-14-34(45)35(46)23-29)36(40)16-19-41(2)37(44)17-20-43(41,52)27-48(26-28-7-5-4-6-8-28)39(51)47-30-10-12-32(53-3)13-11-30/h4-14,21-23,25,31,36-37,49,52H,15-20,24,26-27H2,1-3H3,(H,47,51). The number of carbonyl (C=O) groups excluding carboxylic acids is 2. The minimum atomic E-state index is -1.30. The summed E-state index contributed by atoms with van der Waals surface area (Å²) in [6, 6.07) is 19.8. The summed E-state index contributed by atoms with van der Waals surface area (Å²) < 4.78 is 34.0. The second-order valence-electron chi connectivity index (χ2n) is 16.8. The van der Waals surface area contributed by atoms with Gasteiger partial charge in [0.05, 0.1) is 25.4 Å². The number of nitrogens with zero attached hydrogens (tertiary/aromatic N) is 1. The van der Waals surface area contributed by atoms with E-state index in [-0.39, 0.29) is 47.7 Å². The number of nitrogens with one attached hydrogen (secondary N) is 1. The Morgan fingerprint density at radius 3 is 2.30 bits per heavy atom. The molecule has 7 nitrogen and oxygen atoms in total. The predicted octanol–water partition coefficient (Wildman–Crippen LogP) is 8.48. The van der Waals surface area contributed by atoms with Crippen LogP contribution in [0.2, 0.25) is 0 Å². The predicted molar refractivity (Wildman–Crippen MR) is 198 cm³/mol. The number of hydrogen-bond donors (Lipinski definition) is 3. The SMILES string of the molecule is COc1ccc(NC(=O)N(Cc2ccccc2)CC2(O)CCC3C45C=CC6(C=C4C(=O)c4ccc(F)c(F)c4)CC(O)CCC6(C)C5CCC32C)cc1. The number of ether oxygens (including phenoxy) is 1. The normalized spacial score (nSPS) is 35.1. The Hall–Kier alpha value is -4.34. The molecule has 0 heterocycles. The fourth-order valence-corrected chi connectivity index (χ4v) is 11.6. The van der Waals surface area contributed by atoms with Crippen LogP contribution in [0.1, 0.15) is 74.7 Å². The number of allylic oxidation sites excluding steroid dienone is 4. The number of aliphatic hydroxyl groups is 2. The lowest BCUT2D eigenvalue weighted by molar-refractivity contribution is -0.174. The lowest BCUT2D eigenvalue weighted by Gasteiger charge is -2.71. The fraction of sp³-hybridized carbons (Fsp3) is 0.455. The molecule has 6 aliphatic rings. The van der Waals surface area contributed by atoms with E-state index in [1.165, 1.54) is 6.07 Å². The zero-order valence-corrected chi connectivity index (χ0v) is 30.6. The Balaban J connectivity index is 1.18. The van der Waals surface area contributed by atoms with Crippen LogP contribution in [0.15, 0.2) is 96.6 Å². The van der Waals surface area contributed by atoms with Gasteiger partial charge in [-0.05, 0) is 110 Å².